The van der Waals surface area contributed by atoms with Crippen molar-refractivity contribution in [3.63, 3.8) is 0 Å². The van der Waals surface area contributed by atoms with Crippen LogP contribution in [-0.4, -0.2) is 5.78 Å². The van der Waals surface area contributed by atoms with Gasteiger partial charge in [-0.25, -0.2) is 0 Å². The molecular formula is C13H9ClO. The van der Waals surface area contributed by atoms with Gasteiger partial charge in [-0.3, -0.25) is 4.79 Å². The number of hydrogen-bond acceptors (Lipinski definition) is 1. The summed E-state index contributed by atoms with van der Waals surface area (Å²) in [7, 11) is 0. The molecule has 0 aromatic heterocycles. The van der Waals surface area contributed by atoms with E-state index in [2.05, 4.69) is 6.58 Å². The van der Waals surface area contributed by atoms with Gasteiger partial charge in [0.1, 0.15) is 0 Å². The zero-order chi connectivity index (χ0) is 10.8. The van der Waals surface area contributed by atoms with Gasteiger partial charge in [-0.15, -0.1) is 0 Å². The number of rotatable bonds is 2. The Kier molecular flexibility index (Phi) is 2.57. The van der Waals surface area contributed by atoms with Crippen molar-refractivity contribution in [2.24, 2.45) is 0 Å². The molecule has 0 bridgehead atoms. The Morgan fingerprint density at radius 2 is 1.87 bits per heavy atom. The van der Waals surface area contributed by atoms with Crippen LogP contribution in [0.25, 0.3) is 10.8 Å². The van der Waals surface area contributed by atoms with Crippen LogP contribution in [0, 0.1) is 0 Å². The average molecular weight is 217 g/mol. The highest BCUT2D eigenvalue weighted by Crippen LogP contribution is 2.27. The number of ketones is 1. The summed E-state index contributed by atoms with van der Waals surface area (Å²) in [6.45, 7) is 3.48. The van der Waals surface area contributed by atoms with E-state index in [9.17, 15) is 4.79 Å². The van der Waals surface area contributed by atoms with Crippen molar-refractivity contribution in [3.8, 4) is 0 Å². The van der Waals surface area contributed by atoms with Gasteiger partial charge < -0.3 is 0 Å². The van der Waals surface area contributed by atoms with Crippen LogP contribution in [-0.2, 0) is 0 Å². The van der Waals surface area contributed by atoms with Crippen LogP contribution in [0.1, 0.15) is 10.4 Å². The number of halogens is 1. The molecule has 15 heavy (non-hydrogen) atoms. The summed E-state index contributed by atoms with van der Waals surface area (Å²) < 4.78 is 0. The number of hydrogen-bond donors (Lipinski definition) is 0. The Bertz CT molecular complexity index is 538. The maximum Gasteiger partial charge on any atom is 0.185 e. The molecule has 1 nitrogen and oxygen atoms in total. The van der Waals surface area contributed by atoms with Crippen LogP contribution in [0.4, 0.5) is 0 Å². The van der Waals surface area contributed by atoms with Gasteiger partial charge >= 0.3 is 0 Å². The normalized spacial score (nSPS) is 10.2. The molecule has 0 heterocycles. The molecule has 0 unspecified atom stereocenters. The second kappa shape index (κ2) is 3.87. The van der Waals surface area contributed by atoms with Gasteiger partial charge in [0, 0.05) is 16.0 Å². The van der Waals surface area contributed by atoms with E-state index in [0.29, 0.717) is 10.6 Å². The van der Waals surface area contributed by atoms with Gasteiger partial charge in [-0.2, -0.15) is 0 Å². The molecule has 0 saturated heterocycles. The van der Waals surface area contributed by atoms with Gasteiger partial charge in [-0.05, 0) is 17.5 Å². The van der Waals surface area contributed by atoms with Gasteiger partial charge in [-0.1, -0.05) is 48.5 Å². The first-order valence-corrected chi connectivity index (χ1v) is 4.96. The Morgan fingerprint density at radius 1 is 1.20 bits per heavy atom. The summed E-state index contributed by atoms with van der Waals surface area (Å²) in [5.74, 6) is -0.103. The highest BCUT2D eigenvalue weighted by atomic mass is 35.5. The number of benzene rings is 2. The lowest BCUT2D eigenvalue weighted by Gasteiger charge is -2.04. The summed E-state index contributed by atoms with van der Waals surface area (Å²) in [5.41, 5.74) is 0.605. The van der Waals surface area contributed by atoms with Crippen molar-refractivity contribution in [3.05, 3.63) is 59.6 Å². The van der Waals surface area contributed by atoms with Crippen LogP contribution >= 0.6 is 11.6 Å². The number of carbonyl (C=O) groups excluding carboxylic acids is 1. The first kappa shape index (κ1) is 9.94. The Balaban J connectivity index is 2.85. The predicted octanol–water partition coefficient (Wildman–Crippen LogP) is 3.86. The lowest BCUT2D eigenvalue weighted by atomic mass is 10.0. The third-order valence-electron chi connectivity index (χ3n) is 2.30. The minimum Gasteiger partial charge on any atom is -0.289 e. The van der Waals surface area contributed by atoms with Crippen molar-refractivity contribution in [1.29, 1.82) is 0 Å². The molecule has 74 valence electrons. The van der Waals surface area contributed by atoms with Crippen LogP contribution in [0.3, 0.4) is 0 Å². The Hall–Kier alpha value is -1.60. The molecule has 2 rings (SSSR count). The molecule has 0 aliphatic rings. The van der Waals surface area contributed by atoms with E-state index >= 15 is 0 Å². The SMILES string of the molecule is C=CC(=O)c1cccc2cccc(Cl)c12. The molecule has 0 radical (unpaired) electrons. The monoisotopic (exact) mass is 216 g/mol. The minimum atomic E-state index is -0.103. The predicted molar refractivity (Wildman–Crippen MR) is 63.5 cm³/mol. The fourth-order valence-electron chi connectivity index (χ4n) is 1.61. The largest absolute Gasteiger partial charge is 0.289 e. The van der Waals surface area contributed by atoms with Crippen LogP contribution in [0.15, 0.2) is 49.1 Å². The van der Waals surface area contributed by atoms with E-state index in [4.69, 9.17) is 11.6 Å². The quantitative estimate of drug-likeness (QED) is 0.550. The van der Waals surface area contributed by atoms with Crippen molar-refractivity contribution in [2.75, 3.05) is 0 Å². The van der Waals surface area contributed by atoms with Crippen molar-refractivity contribution >= 4 is 28.2 Å². The van der Waals surface area contributed by atoms with Crippen LogP contribution < -0.4 is 0 Å². The fraction of sp³-hybridized carbons (Fsp3) is 0. The maximum absolute atomic E-state index is 11.6. The van der Waals surface area contributed by atoms with Gasteiger partial charge in [0.15, 0.2) is 5.78 Å². The first-order chi connectivity index (χ1) is 7.24. The highest BCUT2D eigenvalue weighted by Gasteiger charge is 2.08. The summed E-state index contributed by atoms with van der Waals surface area (Å²) in [5, 5.41) is 2.36. The molecule has 0 N–H and O–H groups in total. The van der Waals surface area contributed by atoms with Crippen LogP contribution in [0.2, 0.25) is 5.02 Å². The summed E-state index contributed by atoms with van der Waals surface area (Å²) in [4.78, 5) is 11.6. The average Bonchev–Trinajstić information content (AvgIpc) is 2.28. The third kappa shape index (κ3) is 1.66. The summed E-state index contributed by atoms with van der Waals surface area (Å²) in [6, 6.07) is 11.1. The molecule has 0 spiro atoms. The van der Waals surface area contributed by atoms with E-state index in [-0.39, 0.29) is 5.78 Å². The maximum atomic E-state index is 11.6. The van der Waals surface area contributed by atoms with E-state index in [0.717, 1.165) is 10.8 Å². The van der Waals surface area contributed by atoms with E-state index in [1.54, 1.807) is 12.1 Å². The number of fused-ring (bicyclic) bond motifs is 1. The second-order valence-corrected chi connectivity index (χ2v) is 3.62. The van der Waals surface area contributed by atoms with E-state index in [1.165, 1.54) is 6.08 Å². The summed E-state index contributed by atoms with van der Waals surface area (Å²) in [6.07, 6.45) is 1.30. The zero-order valence-corrected chi connectivity index (χ0v) is 8.79. The van der Waals surface area contributed by atoms with Crippen LogP contribution in [0.5, 0.6) is 0 Å². The molecule has 0 saturated carbocycles. The molecule has 0 amide bonds. The molecule has 2 aromatic rings. The van der Waals surface area contributed by atoms with Gasteiger partial charge in [0.25, 0.3) is 0 Å². The topological polar surface area (TPSA) is 17.1 Å². The molecule has 2 aromatic carbocycles. The van der Waals surface area contributed by atoms with Crippen molar-refractivity contribution in [1.82, 2.24) is 0 Å². The Labute approximate surface area is 93.0 Å². The number of allylic oxidation sites excluding steroid dienone is 1. The van der Waals surface area contributed by atoms with Gasteiger partial charge in [0.05, 0.1) is 0 Å². The minimum absolute atomic E-state index is 0.103. The fourth-order valence-corrected chi connectivity index (χ4v) is 1.89. The van der Waals surface area contributed by atoms with Crippen molar-refractivity contribution in [2.45, 2.75) is 0 Å². The Morgan fingerprint density at radius 3 is 2.53 bits per heavy atom. The zero-order valence-electron chi connectivity index (χ0n) is 8.03. The second-order valence-electron chi connectivity index (χ2n) is 3.21. The first-order valence-electron chi connectivity index (χ1n) is 4.58. The molecule has 0 aliphatic heterocycles. The lowest BCUT2D eigenvalue weighted by molar-refractivity contribution is 0.104. The molecule has 0 aliphatic carbocycles. The molecule has 0 atom stereocenters. The van der Waals surface area contributed by atoms with E-state index < -0.39 is 0 Å². The van der Waals surface area contributed by atoms with E-state index in [1.807, 2.05) is 24.3 Å². The van der Waals surface area contributed by atoms with Crippen molar-refractivity contribution < 1.29 is 4.79 Å². The van der Waals surface area contributed by atoms with Gasteiger partial charge in [0.2, 0.25) is 0 Å². The smallest absolute Gasteiger partial charge is 0.185 e. The molecule has 2 heteroatoms. The summed E-state index contributed by atoms with van der Waals surface area (Å²) >= 11 is 6.08. The lowest BCUT2D eigenvalue weighted by Crippen LogP contribution is -1.95. The standard InChI is InChI=1S/C13H9ClO/c1-2-12(15)10-7-3-5-9-6-4-8-11(14)13(9)10/h2-8H,1H2. The highest BCUT2D eigenvalue weighted by molar-refractivity contribution is 6.37. The molecular weight excluding hydrogens is 208 g/mol. The molecule has 0 fully saturated rings. The number of carbonyl (C=O) groups is 1. The third-order valence-corrected chi connectivity index (χ3v) is 2.62.